The van der Waals surface area contributed by atoms with Crippen molar-refractivity contribution in [3.05, 3.63) is 28.8 Å². The quantitative estimate of drug-likeness (QED) is 0.765. The number of halogens is 1. The van der Waals surface area contributed by atoms with Gasteiger partial charge in [-0.1, -0.05) is 17.7 Å². The number of hydrogen-bond donors (Lipinski definition) is 3. The van der Waals surface area contributed by atoms with Crippen molar-refractivity contribution >= 4 is 11.6 Å². The van der Waals surface area contributed by atoms with Gasteiger partial charge in [0.05, 0.1) is 11.1 Å². The molecule has 3 N–H and O–H groups in total. The molecule has 0 aliphatic heterocycles. The summed E-state index contributed by atoms with van der Waals surface area (Å²) in [6.45, 7) is 6.50. The number of rotatable bonds is 3. The zero-order chi connectivity index (χ0) is 12.3. The van der Waals surface area contributed by atoms with E-state index in [1.165, 1.54) is 12.1 Å². The largest absolute Gasteiger partial charge is 0.508 e. The molecule has 0 heterocycles. The fourth-order valence-corrected chi connectivity index (χ4v) is 1.60. The number of aliphatic hydroxyl groups excluding tert-OH is 1. The van der Waals surface area contributed by atoms with Gasteiger partial charge in [-0.05, 0) is 32.9 Å². The molecule has 0 aliphatic carbocycles. The Morgan fingerprint density at radius 1 is 1.38 bits per heavy atom. The first kappa shape index (κ1) is 13.3. The second-order valence-corrected chi connectivity index (χ2v) is 5.26. The van der Waals surface area contributed by atoms with Crippen molar-refractivity contribution in [2.45, 2.75) is 32.4 Å². The van der Waals surface area contributed by atoms with Crippen LogP contribution in [0.1, 0.15) is 32.4 Å². The van der Waals surface area contributed by atoms with Gasteiger partial charge in [0.15, 0.2) is 0 Å². The molecule has 0 amide bonds. The molecule has 1 atom stereocenters. The van der Waals surface area contributed by atoms with Crippen LogP contribution < -0.4 is 5.32 Å². The average molecular weight is 244 g/mol. The lowest BCUT2D eigenvalue weighted by Crippen LogP contribution is -2.38. The summed E-state index contributed by atoms with van der Waals surface area (Å²) in [7, 11) is 0. The van der Waals surface area contributed by atoms with E-state index in [2.05, 4.69) is 5.32 Å². The minimum Gasteiger partial charge on any atom is -0.508 e. The van der Waals surface area contributed by atoms with Crippen molar-refractivity contribution < 1.29 is 10.2 Å². The molecule has 0 fully saturated rings. The highest BCUT2D eigenvalue weighted by atomic mass is 35.5. The molecule has 0 aromatic heterocycles. The zero-order valence-electron chi connectivity index (χ0n) is 9.79. The first-order valence-electron chi connectivity index (χ1n) is 5.21. The maximum Gasteiger partial charge on any atom is 0.117 e. The molecule has 0 unspecified atom stereocenters. The van der Waals surface area contributed by atoms with Crippen LogP contribution in [0, 0.1) is 0 Å². The number of nitrogens with one attached hydrogen (secondary N) is 1. The Morgan fingerprint density at radius 3 is 2.50 bits per heavy atom. The highest BCUT2D eigenvalue weighted by Crippen LogP contribution is 2.26. The summed E-state index contributed by atoms with van der Waals surface area (Å²) in [4.78, 5) is 0. The first-order chi connectivity index (χ1) is 7.29. The van der Waals surface area contributed by atoms with Crippen LogP contribution in [0.2, 0.25) is 5.02 Å². The van der Waals surface area contributed by atoms with Gasteiger partial charge >= 0.3 is 0 Å². The summed E-state index contributed by atoms with van der Waals surface area (Å²) >= 11 is 5.93. The summed E-state index contributed by atoms with van der Waals surface area (Å²) in [5, 5.41) is 22.7. The predicted molar refractivity (Wildman–Crippen MR) is 65.8 cm³/mol. The monoisotopic (exact) mass is 243 g/mol. The van der Waals surface area contributed by atoms with Gasteiger partial charge in [0.1, 0.15) is 5.75 Å². The molecule has 1 aromatic carbocycles. The normalized spacial score (nSPS) is 13.8. The molecule has 0 bridgehead atoms. The number of phenols is 1. The third-order valence-electron chi connectivity index (χ3n) is 2.17. The molecule has 90 valence electrons. The summed E-state index contributed by atoms with van der Waals surface area (Å²) in [5.41, 5.74) is 0.570. The van der Waals surface area contributed by atoms with Crippen LogP contribution in [-0.4, -0.2) is 22.3 Å². The fraction of sp³-hybridized carbons (Fsp3) is 0.500. The Morgan fingerprint density at radius 2 is 2.00 bits per heavy atom. The van der Waals surface area contributed by atoms with Gasteiger partial charge in [-0.15, -0.1) is 0 Å². The molecular weight excluding hydrogens is 226 g/mol. The van der Waals surface area contributed by atoms with E-state index in [0.717, 1.165) is 0 Å². The molecule has 0 spiro atoms. The second-order valence-electron chi connectivity index (χ2n) is 4.85. The van der Waals surface area contributed by atoms with Crippen molar-refractivity contribution in [1.29, 1.82) is 0 Å². The van der Waals surface area contributed by atoms with Gasteiger partial charge in [0.2, 0.25) is 0 Å². The van der Waals surface area contributed by atoms with Gasteiger partial charge in [0.25, 0.3) is 0 Å². The highest BCUT2D eigenvalue weighted by molar-refractivity contribution is 6.31. The van der Waals surface area contributed by atoms with E-state index < -0.39 is 6.10 Å². The first-order valence-corrected chi connectivity index (χ1v) is 5.59. The van der Waals surface area contributed by atoms with Crippen molar-refractivity contribution in [1.82, 2.24) is 5.32 Å². The molecule has 4 heteroatoms. The Kier molecular flexibility index (Phi) is 4.19. The molecule has 1 aromatic rings. The third kappa shape index (κ3) is 4.00. The SMILES string of the molecule is CC(C)(C)NC[C@@H](O)c1ccc(O)cc1Cl. The van der Waals surface area contributed by atoms with Gasteiger partial charge in [-0.3, -0.25) is 0 Å². The molecule has 16 heavy (non-hydrogen) atoms. The predicted octanol–water partition coefficient (Wildman–Crippen LogP) is 2.47. The van der Waals surface area contributed by atoms with Gasteiger partial charge < -0.3 is 15.5 Å². The molecule has 3 nitrogen and oxygen atoms in total. The molecule has 0 radical (unpaired) electrons. The zero-order valence-corrected chi connectivity index (χ0v) is 10.5. The van der Waals surface area contributed by atoms with E-state index in [1.807, 2.05) is 20.8 Å². The van der Waals surface area contributed by atoms with E-state index >= 15 is 0 Å². The van der Waals surface area contributed by atoms with Crippen LogP contribution in [0.5, 0.6) is 5.75 Å². The number of hydrogen-bond acceptors (Lipinski definition) is 3. The Balaban J connectivity index is 2.70. The minimum absolute atomic E-state index is 0.0512. The van der Waals surface area contributed by atoms with Gasteiger partial charge in [0, 0.05) is 17.6 Å². The second kappa shape index (κ2) is 5.04. The van der Waals surface area contributed by atoms with Crippen molar-refractivity contribution in [3.8, 4) is 5.75 Å². The van der Waals surface area contributed by atoms with Crippen LogP contribution in [0.3, 0.4) is 0 Å². The Labute approximate surface area is 101 Å². The van der Waals surface area contributed by atoms with Crippen molar-refractivity contribution in [3.63, 3.8) is 0 Å². The van der Waals surface area contributed by atoms with Crippen molar-refractivity contribution in [2.24, 2.45) is 0 Å². The number of β-amino-alcohol motifs (C(OH)–C–C–N with tert-alkyl or cyclic N) is 1. The van der Waals surface area contributed by atoms with Crippen LogP contribution in [0.4, 0.5) is 0 Å². The number of aliphatic hydroxyl groups is 1. The Bertz CT molecular complexity index is 361. The topological polar surface area (TPSA) is 52.5 Å². The Hall–Kier alpha value is -0.770. The van der Waals surface area contributed by atoms with Crippen LogP contribution >= 0.6 is 11.6 Å². The molecular formula is C12H18ClNO2. The standard InChI is InChI=1S/C12H18ClNO2/c1-12(2,3)14-7-11(16)9-5-4-8(15)6-10(9)13/h4-6,11,14-16H,7H2,1-3H3/t11-/m1/s1. The number of phenolic OH excluding ortho intramolecular Hbond substituents is 1. The van der Waals surface area contributed by atoms with E-state index in [0.29, 0.717) is 17.1 Å². The van der Waals surface area contributed by atoms with Crippen molar-refractivity contribution in [2.75, 3.05) is 6.54 Å². The van der Waals surface area contributed by atoms with E-state index in [4.69, 9.17) is 11.6 Å². The van der Waals surface area contributed by atoms with Gasteiger partial charge in [-0.25, -0.2) is 0 Å². The van der Waals surface area contributed by atoms with Gasteiger partial charge in [-0.2, -0.15) is 0 Å². The van der Waals surface area contributed by atoms with E-state index in [9.17, 15) is 10.2 Å². The van der Waals surface area contributed by atoms with E-state index in [1.54, 1.807) is 6.07 Å². The minimum atomic E-state index is -0.674. The summed E-state index contributed by atoms with van der Waals surface area (Å²) in [6, 6.07) is 4.57. The maximum absolute atomic E-state index is 9.93. The maximum atomic E-state index is 9.93. The fourth-order valence-electron chi connectivity index (χ4n) is 1.30. The highest BCUT2D eigenvalue weighted by Gasteiger charge is 2.15. The summed E-state index contributed by atoms with van der Waals surface area (Å²) in [5.74, 6) is 0.102. The molecule has 0 saturated heterocycles. The number of benzene rings is 1. The lowest BCUT2D eigenvalue weighted by atomic mass is 10.1. The summed E-state index contributed by atoms with van der Waals surface area (Å²) in [6.07, 6.45) is -0.674. The lowest BCUT2D eigenvalue weighted by molar-refractivity contribution is 0.163. The third-order valence-corrected chi connectivity index (χ3v) is 2.50. The summed E-state index contributed by atoms with van der Waals surface area (Å²) < 4.78 is 0. The smallest absolute Gasteiger partial charge is 0.117 e. The lowest BCUT2D eigenvalue weighted by Gasteiger charge is -2.23. The van der Waals surface area contributed by atoms with Crippen LogP contribution in [-0.2, 0) is 0 Å². The average Bonchev–Trinajstić information content (AvgIpc) is 2.13. The van der Waals surface area contributed by atoms with Crippen LogP contribution in [0.25, 0.3) is 0 Å². The molecule has 1 rings (SSSR count). The van der Waals surface area contributed by atoms with E-state index in [-0.39, 0.29) is 11.3 Å². The molecule has 0 saturated carbocycles. The van der Waals surface area contributed by atoms with Crippen LogP contribution in [0.15, 0.2) is 18.2 Å². The number of aromatic hydroxyl groups is 1. The molecule has 0 aliphatic rings.